The van der Waals surface area contributed by atoms with Crippen LogP contribution in [-0.4, -0.2) is 28.7 Å². The quantitative estimate of drug-likeness (QED) is 0.810. The van der Waals surface area contributed by atoms with Crippen LogP contribution in [0, 0.1) is 6.92 Å². The van der Waals surface area contributed by atoms with Crippen molar-refractivity contribution in [1.82, 2.24) is 10.2 Å². The third-order valence-electron chi connectivity index (χ3n) is 3.68. The van der Waals surface area contributed by atoms with E-state index in [2.05, 4.69) is 5.32 Å². The number of carbonyl (C=O) groups excluding carboxylic acids is 3. The molecule has 0 saturated carbocycles. The number of rotatable bonds is 1. The zero-order valence-corrected chi connectivity index (χ0v) is 14.6. The standard InChI is InChI=1S/C14H14N2O3.2C2H6/c1-8-2-3-10-9(6-8)7-16(14(10)19)11-4-5-12(17)15-13(11)18;2*1-2/h2-3,6,11H,4-5,7H2,1H3,(H,15,17,18);2*1-2H3. The van der Waals surface area contributed by atoms with Gasteiger partial charge in [0.1, 0.15) is 6.04 Å². The predicted octanol–water partition coefficient (Wildman–Crippen LogP) is 2.81. The highest BCUT2D eigenvalue weighted by Gasteiger charge is 2.38. The molecule has 1 atom stereocenters. The minimum atomic E-state index is -0.530. The van der Waals surface area contributed by atoms with Crippen molar-refractivity contribution in [3.05, 3.63) is 34.9 Å². The molecule has 2 aliphatic heterocycles. The van der Waals surface area contributed by atoms with Crippen molar-refractivity contribution >= 4 is 17.7 Å². The van der Waals surface area contributed by atoms with Crippen LogP contribution in [-0.2, 0) is 16.1 Å². The molecular weight excluding hydrogens is 292 g/mol. The third-order valence-corrected chi connectivity index (χ3v) is 3.68. The Kier molecular flexibility index (Phi) is 6.94. The highest BCUT2D eigenvalue weighted by atomic mass is 16.2. The number of nitrogens with zero attached hydrogens (tertiary/aromatic N) is 1. The number of nitrogens with one attached hydrogen (secondary N) is 1. The number of benzene rings is 1. The van der Waals surface area contributed by atoms with E-state index in [1.54, 1.807) is 11.0 Å². The van der Waals surface area contributed by atoms with E-state index in [9.17, 15) is 14.4 Å². The second-order valence-electron chi connectivity index (χ2n) is 5.06. The summed E-state index contributed by atoms with van der Waals surface area (Å²) < 4.78 is 0. The Morgan fingerprint density at radius 2 is 1.74 bits per heavy atom. The van der Waals surface area contributed by atoms with Crippen LogP contribution in [0.3, 0.4) is 0 Å². The molecule has 126 valence electrons. The van der Waals surface area contributed by atoms with Crippen LogP contribution in [0.2, 0.25) is 0 Å². The molecule has 1 saturated heterocycles. The van der Waals surface area contributed by atoms with E-state index in [1.807, 2.05) is 46.8 Å². The molecule has 0 spiro atoms. The molecular formula is C18H26N2O3. The molecule has 5 heteroatoms. The molecule has 2 aliphatic rings. The Morgan fingerprint density at radius 3 is 2.35 bits per heavy atom. The molecule has 2 heterocycles. The molecule has 0 aromatic heterocycles. The maximum Gasteiger partial charge on any atom is 0.255 e. The molecule has 1 aromatic rings. The maximum atomic E-state index is 12.3. The molecule has 1 unspecified atom stereocenters. The number of imide groups is 1. The van der Waals surface area contributed by atoms with Crippen molar-refractivity contribution < 1.29 is 14.4 Å². The van der Waals surface area contributed by atoms with Crippen molar-refractivity contribution in [2.24, 2.45) is 0 Å². The van der Waals surface area contributed by atoms with Crippen molar-refractivity contribution in [3.63, 3.8) is 0 Å². The SMILES string of the molecule is CC.CC.Cc1ccc2c(c1)CN(C1CCC(=O)NC1=O)C2=O. The fourth-order valence-electron chi connectivity index (χ4n) is 2.70. The van der Waals surface area contributed by atoms with E-state index in [0.29, 0.717) is 18.5 Å². The first kappa shape index (κ1) is 18.9. The summed E-state index contributed by atoms with van der Waals surface area (Å²) in [6.45, 7) is 10.4. The Morgan fingerprint density at radius 1 is 1.09 bits per heavy atom. The maximum absolute atomic E-state index is 12.3. The molecule has 3 amide bonds. The van der Waals surface area contributed by atoms with Gasteiger partial charge in [0.05, 0.1) is 0 Å². The molecule has 3 rings (SSSR count). The lowest BCUT2D eigenvalue weighted by Gasteiger charge is -2.29. The van der Waals surface area contributed by atoms with Gasteiger partial charge >= 0.3 is 0 Å². The Balaban J connectivity index is 0.000000615. The molecule has 5 nitrogen and oxygen atoms in total. The van der Waals surface area contributed by atoms with Gasteiger partial charge in [0.15, 0.2) is 0 Å². The fourth-order valence-corrected chi connectivity index (χ4v) is 2.70. The van der Waals surface area contributed by atoms with Crippen LogP contribution >= 0.6 is 0 Å². The lowest BCUT2D eigenvalue weighted by molar-refractivity contribution is -0.136. The zero-order valence-electron chi connectivity index (χ0n) is 14.6. The van der Waals surface area contributed by atoms with Crippen LogP contribution in [0.25, 0.3) is 0 Å². The van der Waals surface area contributed by atoms with Crippen LogP contribution in [0.15, 0.2) is 18.2 Å². The van der Waals surface area contributed by atoms with Gasteiger partial charge in [-0.15, -0.1) is 0 Å². The van der Waals surface area contributed by atoms with E-state index < -0.39 is 6.04 Å². The molecule has 1 N–H and O–H groups in total. The van der Waals surface area contributed by atoms with Crippen molar-refractivity contribution in [2.45, 2.75) is 60.0 Å². The van der Waals surface area contributed by atoms with Gasteiger partial charge in [-0.3, -0.25) is 19.7 Å². The molecule has 23 heavy (non-hydrogen) atoms. The number of piperidine rings is 1. The summed E-state index contributed by atoms with van der Waals surface area (Å²) in [6, 6.07) is 5.14. The van der Waals surface area contributed by atoms with E-state index >= 15 is 0 Å². The second kappa shape index (κ2) is 8.46. The first-order chi connectivity index (χ1) is 11.1. The van der Waals surface area contributed by atoms with Gasteiger partial charge in [-0.05, 0) is 25.0 Å². The van der Waals surface area contributed by atoms with Crippen molar-refractivity contribution in [3.8, 4) is 0 Å². The highest BCUT2D eigenvalue weighted by molar-refractivity contribution is 6.05. The first-order valence-corrected chi connectivity index (χ1v) is 8.30. The summed E-state index contributed by atoms with van der Waals surface area (Å²) in [7, 11) is 0. The normalized spacial score (nSPS) is 19.1. The number of hydrogen-bond donors (Lipinski definition) is 1. The monoisotopic (exact) mass is 318 g/mol. The van der Waals surface area contributed by atoms with Crippen LogP contribution in [0.4, 0.5) is 0 Å². The largest absolute Gasteiger partial charge is 0.322 e. The van der Waals surface area contributed by atoms with Crippen molar-refractivity contribution in [2.75, 3.05) is 0 Å². The Hall–Kier alpha value is -2.17. The smallest absolute Gasteiger partial charge is 0.255 e. The summed E-state index contributed by atoms with van der Waals surface area (Å²) in [5, 5.41) is 2.29. The van der Waals surface area contributed by atoms with E-state index in [0.717, 1.165) is 11.1 Å². The molecule has 0 bridgehead atoms. The van der Waals surface area contributed by atoms with E-state index in [-0.39, 0.29) is 24.1 Å². The third kappa shape index (κ3) is 3.97. The lowest BCUT2D eigenvalue weighted by Crippen LogP contribution is -2.52. The number of fused-ring (bicyclic) bond motifs is 1. The molecule has 1 fully saturated rings. The van der Waals surface area contributed by atoms with E-state index in [4.69, 9.17) is 0 Å². The van der Waals surface area contributed by atoms with Gasteiger partial charge in [0.25, 0.3) is 5.91 Å². The number of amides is 3. The van der Waals surface area contributed by atoms with Gasteiger partial charge in [-0.2, -0.15) is 0 Å². The predicted molar refractivity (Wildman–Crippen MR) is 89.9 cm³/mol. The molecule has 0 aliphatic carbocycles. The highest BCUT2D eigenvalue weighted by Crippen LogP contribution is 2.27. The number of aryl methyl sites for hydroxylation is 1. The van der Waals surface area contributed by atoms with Gasteiger partial charge in [-0.1, -0.05) is 45.4 Å². The summed E-state index contributed by atoms with van der Waals surface area (Å²) in [5.41, 5.74) is 2.71. The summed E-state index contributed by atoms with van der Waals surface area (Å²) >= 11 is 0. The summed E-state index contributed by atoms with van der Waals surface area (Å²) in [4.78, 5) is 36.8. The minimum absolute atomic E-state index is 0.121. The Bertz CT molecular complexity index is 596. The zero-order chi connectivity index (χ0) is 17.6. The van der Waals surface area contributed by atoms with Crippen LogP contribution < -0.4 is 5.32 Å². The average molecular weight is 318 g/mol. The molecule has 1 aromatic carbocycles. The summed E-state index contributed by atoms with van der Waals surface area (Å²) in [5.74, 6) is -0.750. The van der Waals surface area contributed by atoms with Crippen LogP contribution in [0.5, 0.6) is 0 Å². The van der Waals surface area contributed by atoms with Crippen LogP contribution in [0.1, 0.15) is 62.0 Å². The van der Waals surface area contributed by atoms with Gasteiger partial charge in [-0.25, -0.2) is 0 Å². The first-order valence-electron chi connectivity index (χ1n) is 8.30. The fraction of sp³-hybridized carbons (Fsp3) is 0.500. The average Bonchev–Trinajstić information content (AvgIpc) is 2.87. The topological polar surface area (TPSA) is 66.5 Å². The van der Waals surface area contributed by atoms with Gasteiger partial charge < -0.3 is 4.90 Å². The number of carbonyl (C=O) groups is 3. The summed E-state index contributed by atoms with van der Waals surface area (Å²) in [6.07, 6.45) is 0.693. The Labute approximate surface area is 138 Å². The second-order valence-corrected chi connectivity index (χ2v) is 5.06. The van der Waals surface area contributed by atoms with Gasteiger partial charge in [0.2, 0.25) is 11.8 Å². The lowest BCUT2D eigenvalue weighted by atomic mass is 10.0. The van der Waals surface area contributed by atoms with Gasteiger partial charge in [0, 0.05) is 18.5 Å². The number of hydrogen-bond acceptors (Lipinski definition) is 3. The molecule has 0 radical (unpaired) electrons. The minimum Gasteiger partial charge on any atom is -0.322 e. The van der Waals surface area contributed by atoms with E-state index in [1.165, 1.54) is 0 Å². The van der Waals surface area contributed by atoms with Crippen molar-refractivity contribution in [1.29, 1.82) is 0 Å².